The molecule has 1 aromatic carbocycles. The van der Waals surface area contributed by atoms with E-state index in [0.717, 1.165) is 11.4 Å². The van der Waals surface area contributed by atoms with Crippen molar-refractivity contribution in [2.75, 3.05) is 25.7 Å². The zero-order valence-electron chi connectivity index (χ0n) is 10.9. The predicted octanol–water partition coefficient (Wildman–Crippen LogP) is 2.35. The molecule has 1 aromatic rings. The zero-order chi connectivity index (χ0) is 12.3. The molecule has 0 aliphatic rings. The first-order valence-corrected chi connectivity index (χ1v) is 5.50. The number of methoxy groups -OCH3 is 1. The normalized spacial score (nSPS) is 11.4. The van der Waals surface area contributed by atoms with Gasteiger partial charge in [0.15, 0.2) is 0 Å². The van der Waals surface area contributed by atoms with Crippen LogP contribution in [0.2, 0.25) is 0 Å². The lowest BCUT2D eigenvalue weighted by atomic mass is 9.86. The molecule has 0 aliphatic heterocycles. The quantitative estimate of drug-likeness (QED) is 0.798. The highest BCUT2D eigenvalue weighted by molar-refractivity contribution is 5.54. The van der Waals surface area contributed by atoms with Crippen molar-refractivity contribution in [1.82, 2.24) is 0 Å². The van der Waals surface area contributed by atoms with Crippen molar-refractivity contribution in [2.45, 2.75) is 26.2 Å². The fraction of sp³-hybridized carbons (Fsp3) is 0.538. The van der Waals surface area contributed by atoms with Crippen LogP contribution in [0.4, 0.5) is 5.69 Å². The first kappa shape index (κ1) is 12.8. The van der Waals surface area contributed by atoms with E-state index in [1.54, 1.807) is 7.11 Å². The van der Waals surface area contributed by atoms with Crippen LogP contribution >= 0.6 is 0 Å². The summed E-state index contributed by atoms with van der Waals surface area (Å²) in [5.41, 5.74) is 8.02. The molecular formula is C13H22N2O. The highest BCUT2D eigenvalue weighted by Gasteiger charge is 2.19. The fourth-order valence-electron chi connectivity index (χ4n) is 1.62. The van der Waals surface area contributed by atoms with E-state index < -0.39 is 0 Å². The Labute approximate surface area is 98.2 Å². The van der Waals surface area contributed by atoms with Crippen LogP contribution in [0.15, 0.2) is 18.2 Å². The van der Waals surface area contributed by atoms with Crippen LogP contribution in [-0.4, -0.2) is 20.8 Å². The Hall–Kier alpha value is -1.22. The van der Waals surface area contributed by atoms with E-state index >= 15 is 0 Å². The lowest BCUT2D eigenvalue weighted by Crippen LogP contribution is -2.25. The average molecular weight is 222 g/mol. The second-order valence-corrected chi connectivity index (χ2v) is 5.02. The molecule has 0 saturated heterocycles. The summed E-state index contributed by atoms with van der Waals surface area (Å²) in [6.45, 7) is 7.04. The topological polar surface area (TPSA) is 38.5 Å². The van der Waals surface area contributed by atoms with Crippen LogP contribution in [0.25, 0.3) is 0 Å². The number of anilines is 1. The molecule has 3 heteroatoms. The minimum Gasteiger partial charge on any atom is -0.496 e. The molecule has 0 aromatic heterocycles. The highest BCUT2D eigenvalue weighted by atomic mass is 16.5. The van der Waals surface area contributed by atoms with E-state index in [4.69, 9.17) is 10.5 Å². The minimum atomic E-state index is 0.0663. The molecule has 0 radical (unpaired) electrons. The lowest BCUT2D eigenvalue weighted by Gasteiger charge is -2.25. The van der Waals surface area contributed by atoms with Crippen LogP contribution in [0.3, 0.4) is 0 Å². The molecule has 90 valence electrons. The molecule has 2 N–H and O–H groups in total. The summed E-state index contributed by atoms with van der Waals surface area (Å²) in [4.78, 5) is 2.01. The first-order chi connectivity index (χ1) is 7.40. The maximum absolute atomic E-state index is 5.63. The van der Waals surface area contributed by atoms with Gasteiger partial charge in [-0.2, -0.15) is 0 Å². The van der Waals surface area contributed by atoms with Crippen LogP contribution in [0.1, 0.15) is 26.3 Å². The summed E-state index contributed by atoms with van der Waals surface area (Å²) in [5.74, 6) is 0.932. The zero-order valence-corrected chi connectivity index (χ0v) is 10.9. The SMILES string of the molecule is COc1ccc(N(C)CN)cc1C(C)(C)C. The molecule has 3 nitrogen and oxygen atoms in total. The van der Waals surface area contributed by atoms with Gasteiger partial charge in [0.25, 0.3) is 0 Å². The van der Waals surface area contributed by atoms with Crippen molar-refractivity contribution in [3.05, 3.63) is 23.8 Å². The number of ether oxygens (including phenoxy) is 1. The Balaban J connectivity index is 3.22. The Morgan fingerprint density at radius 3 is 2.38 bits per heavy atom. The van der Waals surface area contributed by atoms with Crippen molar-refractivity contribution in [1.29, 1.82) is 0 Å². The molecule has 0 heterocycles. The molecule has 16 heavy (non-hydrogen) atoms. The summed E-state index contributed by atoms with van der Waals surface area (Å²) in [6.07, 6.45) is 0. The van der Waals surface area contributed by atoms with Crippen LogP contribution < -0.4 is 15.4 Å². The maximum atomic E-state index is 5.63. The standard InChI is InChI=1S/C13H22N2O/c1-13(2,3)11-8-10(15(4)9-14)6-7-12(11)16-5/h6-8H,9,14H2,1-5H3. The predicted molar refractivity (Wildman–Crippen MR) is 69.2 cm³/mol. The molecule has 0 aliphatic carbocycles. The summed E-state index contributed by atoms with van der Waals surface area (Å²) >= 11 is 0. The van der Waals surface area contributed by atoms with Crippen molar-refractivity contribution >= 4 is 5.69 Å². The minimum absolute atomic E-state index is 0.0663. The van der Waals surface area contributed by atoms with E-state index in [1.807, 2.05) is 24.1 Å². The Bertz CT molecular complexity index is 355. The molecule has 0 amide bonds. The number of benzene rings is 1. The first-order valence-electron chi connectivity index (χ1n) is 5.50. The van der Waals surface area contributed by atoms with Crippen LogP contribution in [0.5, 0.6) is 5.75 Å². The number of nitrogens with zero attached hydrogens (tertiary/aromatic N) is 1. The number of hydrogen-bond acceptors (Lipinski definition) is 3. The molecular weight excluding hydrogens is 200 g/mol. The van der Waals surface area contributed by atoms with E-state index in [9.17, 15) is 0 Å². The molecule has 1 rings (SSSR count). The molecule has 0 fully saturated rings. The van der Waals surface area contributed by atoms with E-state index in [-0.39, 0.29) is 5.41 Å². The van der Waals surface area contributed by atoms with E-state index in [1.165, 1.54) is 5.56 Å². The highest BCUT2D eigenvalue weighted by Crippen LogP contribution is 2.34. The number of hydrogen-bond donors (Lipinski definition) is 1. The van der Waals surface area contributed by atoms with E-state index in [0.29, 0.717) is 6.67 Å². The summed E-state index contributed by atoms with van der Waals surface area (Å²) in [6, 6.07) is 6.18. The third-order valence-corrected chi connectivity index (χ3v) is 2.71. The fourth-order valence-corrected chi connectivity index (χ4v) is 1.62. The van der Waals surface area contributed by atoms with Gasteiger partial charge >= 0.3 is 0 Å². The van der Waals surface area contributed by atoms with Gasteiger partial charge in [-0.3, -0.25) is 0 Å². The van der Waals surface area contributed by atoms with Gasteiger partial charge in [-0.05, 0) is 23.6 Å². The lowest BCUT2D eigenvalue weighted by molar-refractivity contribution is 0.397. The van der Waals surface area contributed by atoms with Gasteiger partial charge in [0.05, 0.1) is 13.8 Å². The third kappa shape index (κ3) is 2.67. The summed E-state index contributed by atoms with van der Waals surface area (Å²) < 4.78 is 5.39. The number of rotatable bonds is 3. The Morgan fingerprint density at radius 1 is 1.31 bits per heavy atom. The molecule has 0 saturated carbocycles. The molecule has 0 unspecified atom stereocenters. The third-order valence-electron chi connectivity index (χ3n) is 2.71. The van der Waals surface area contributed by atoms with Gasteiger partial charge in [0.2, 0.25) is 0 Å². The van der Waals surface area contributed by atoms with Gasteiger partial charge < -0.3 is 15.4 Å². The average Bonchev–Trinajstić information content (AvgIpc) is 2.26. The van der Waals surface area contributed by atoms with Crippen molar-refractivity contribution in [3.8, 4) is 5.75 Å². The van der Waals surface area contributed by atoms with Gasteiger partial charge in [-0.1, -0.05) is 20.8 Å². The number of nitrogens with two attached hydrogens (primary N) is 1. The van der Waals surface area contributed by atoms with Crippen LogP contribution in [-0.2, 0) is 5.41 Å². The van der Waals surface area contributed by atoms with Crippen molar-refractivity contribution < 1.29 is 4.74 Å². The molecule has 0 bridgehead atoms. The second-order valence-electron chi connectivity index (χ2n) is 5.02. The Kier molecular flexibility index (Phi) is 3.81. The second kappa shape index (κ2) is 4.74. The van der Waals surface area contributed by atoms with Crippen molar-refractivity contribution in [2.24, 2.45) is 5.73 Å². The monoisotopic (exact) mass is 222 g/mol. The van der Waals surface area contributed by atoms with Gasteiger partial charge in [0.1, 0.15) is 5.75 Å². The van der Waals surface area contributed by atoms with Gasteiger partial charge in [0, 0.05) is 18.3 Å². The summed E-state index contributed by atoms with van der Waals surface area (Å²) in [5, 5.41) is 0. The molecule has 0 spiro atoms. The van der Waals surface area contributed by atoms with Crippen LogP contribution in [0, 0.1) is 0 Å². The maximum Gasteiger partial charge on any atom is 0.122 e. The van der Waals surface area contributed by atoms with Crippen molar-refractivity contribution in [3.63, 3.8) is 0 Å². The largest absolute Gasteiger partial charge is 0.496 e. The molecule has 0 atom stereocenters. The van der Waals surface area contributed by atoms with Gasteiger partial charge in [-0.25, -0.2) is 0 Å². The smallest absolute Gasteiger partial charge is 0.122 e. The summed E-state index contributed by atoms with van der Waals surface area (Å²) in [7, 11) is 3.69. The van der Waals surface area contributed by atoms with E-state index in [2.05, 4.69) is 26.8 Å². The van der Waals surface area contributed by atoms with Gasteiger partial charge in [-0.15, -0.1) is 0 Å². The Morgan fingerprint density at radius 2 is 1.94 bits per heavy atom.